The minimum atomic E-state index is -0.786. The number of esters is 3. The topological polar surface area (TPSA) is 78.9 Å². The molecule has 0 aliphatic rings. The van der Waals surface area contributed by atoms with Gasteiger partial charge in [-0.3, -0.25) is 14.4 Å². The summed E-state index contributed by atoms with van der Waals surface area (Å²) in [7, 11) is 0. The van der Waals surface area contributed by atoms with E-state index < -0.39 is 6.10 Å². The first-order chi connectivity index (χ1) is 40.0. The molecule has 466 valence electrons. The fraction of sp³-hybridized carbons (Fsp3) is 0.747. The number of ether oxygens (including phenoxy) is 3. The molecule has 0 aromatic carbocycles. The summed E-state index contributed by atoms with van der Waals surface area (Å²) in [5.74, 6) is -0.884. The van der Waals surface area contributed by atoms with E-state index in [1.165, 1.54) is 186 Å². The van der Waals surface area contributed by atoms with Crippen LogP contribution in [-0.2, 0) is 28.6 Å². The Bertz CT molecular complexity index is 1580. The van der Waals surface area contributed by atoms with Crippen LogP contribution in [0.5, 0.6) is 0 Å². The van der Waals surface area contributed by atoms with Crippen LogP contribution in [0.2, 0.25) is 0 Å². The summed E-state index contributed by atoms with van der Waals surface area (Å²) in [6.07, 6.45) is 92.9. The highest BCUT2D eigenvalue weighted by molar-refractivity contribution is 5.71. The van der Waals surface area contributed by atoms with E-state index in [-0.39, 0.29) is 31.1 Å². The van der Waals surface area contributed by atoms with E-state index >= 15 is 0 Å². The largest absolute Gasteiger partial charge is 0.462 e. The molecule has 0 aromatic heterocycles. The Kier molecular flexibility index (Phi) is 65.7. The zero-order valence-electron chi connectivity index (χ0n) is 53.5. The van der Waals surface area contributed by atoms with Gasteiger partial charge in [-0.15, -0.1) is 0 Å². The van der Waals surface area contributed by atoms with Gasteiger partial charge in [-0.25, -0.2) is 0 Å². The van der Waals surface area contributed by atoms with Gasteiger partial charge in [0.15, 0.2) is 6.10 Å². The summed E-state index contributed by atoms with van der Waals surface area (Å²) in [4.78, 5) is 38.4. The third kappa shape index (κ3) is 67.0. The van der Waals surface area contributed by atoms with Crippen LogP contribution in [0.1, 0.15) is 342 Å². The van der Waals surface area contributed by atoms with Crippen molar-refractivity contribution >= 4 is 17.9 Å². The van der Waals surface area contributed by atoms with Crippen LogP contribution in [0.15, 0.2) is 97.2 Å². The van der Waals surface area contributed by atoms with Gasteiger partial charge in [0.2, 0.25) is 0 Å². The van der Waals surface area contributed by atoms with Crippen molar-refractivity contribution in [1.82, 2.24) is 0 Å². The van der Waals surface area contributed by atoms with Gasteiger partial charge < -0.3 is 14.2 Å². The van der Waals surface area contributed by atoms with Gasteiger partial charge in [0.05, 0.1) is 0 Å². The Morgan fingerprint density at radius 3 is 0.802 bits per heavy atom. The fourth-order valence-corrected chi connectivity index (χ4v) is 9.86. The molecule has 0 rings (SSSR count). The number of hydrogen-bond acceptors (Lipinski definition) is 6. The van der Waals surface area contributed by atoms with Gasteiger partial charge >= 0.3 is 17.9 Å². The summed E-state index contributed by atoms with van der Waals surface area (Å²) in [5, 5.41) is 0. The van der Waals surface area contributed by atoms with Crippen molar-refractivity contribution in [2.75, 3.05) is 13.2 Å². The second kappa shape index (κ2) is 68.8. The molecule has 0 aromatic rings. The standard InChI is InChI=1S/C75H130O6/c1-4-7-10-13-16-19-22-25-27-29-31-33-35-36-37-38-40-41-43-45-47-50-53-56-59-62-65-68-74(77)80-71-72(70-79-73(76)67-64-61-58-55-52-49-24-21-18-15-12-9-6-3)81-75(78)69-66-63-60-57-54-51-48-46-44-42-39-34-32-30-28-26-23-20-17-14-11-8-5-2/h7,10,12,15-16,19,21,23-27,30-33,72H,4-6,8-9,11,13-14,17-18,20,22,28-29,34-71H2,1-3H3/b10-7-,15-12-,19-16-,24-21-,26-23-,27-25-,32-30-,33-31-. The lowest BCUT2D eigenvalue weighted by Gasteiger charge is -2.18. The van der Waals surface area contributed by atoms with Crippen molar-refractivity contribution < 1.29 is 28.6 Å². The Hall–Kier alpha value is -3.67. The molecule has 0 amide bonds. The zero-order valence-corrected chi connectivity index (χ0v) is 53.5. The molecule has 6 heteroatoms. The molecule has 1 atom stereocenters. The van der Waals surface area contributed by atoms with E-state index in [4.69, 9.17) is 14.2 Å². The van der Waals surface area contributed by atoms with Gasteiger partial charge in [-0.05, 0) is 116 Å². The molecule has 0 aliphatic carbocycles. The van der Waals surface area contributed by atoms with Crippen LogP contribution in [0.3, 0.4) is 0 Å². The van der Waals surface area contributed by atoms with Crippen LogP contribution in [0.4, 0.5) is 0 Å². The summed E-state index contributed by atoms with van der Waals surface area (Å²) in [6, 6.07) is 0. The molecule has 0 N–H and O–H groups in total. The fourth-order valence-electron chi connectivity index (χ4n) is 9.86. The highest BCUT2D eigenvalue weighted by Gasteiger charge is 2.19. The number of rotatable bonds is 63. The lowest BCUT2D eigenvalue weighted by molar-refractivity contribution is -0.167. The van der Waals surface area contributed by atoms with Crippen LogP contribution >= 0.6 is 0 Å². The van der Waals surface area contributed by atoms with Crippen molar-refractivity contribution in [3.05, 3.63) is 97.2 Å². The quantitative estimate of drug-likeness (QED) is 0.0261. The first kappa shape index (κ1) is 77.3. The Balaban J connectivity index is 4.27. The van der Waals surface area contributed by atoms with Gasteiger partial charge in [0.25, 0.3) is 0 Å². The summed E-state index contributed by atoms with van der Waals surface area (Å²) in [5.41, 5.74) is 0. The maximum atomic E-state index is 12.9. The van der Waals surface area contributed by atoms with Gasteiger partial charge in [0.1, 0.15) is 13.2 Å². The number of unbranched alkanes of at least 4 members (excludes halogenated alkanes) is 36. The maximum Gasteiger partial charge on any atom is 0.306 e. The van der Waals surface area contributed by atoms with Crippen molar-refractivity contribution in [3.63, 3.8) is 0 Å². The molecule has 1 unspecified atom stereocenters. The Morgan fingerprint density at radius 1 is 0.259 bits per heavy atom. The van der Waals surface area contributed by atoms with Gasteiger partial charge in [-0.2, -0.15) is 0 Å². The Morgan fingerprint density at radius 2 is 0.506 bits per heavy atom. The monoisotopic (exact) mass is 1130 g/mol. The van der Waals surface area contributed by atoms with Crippen molar-refractivity contribution in [2.24, 2.45) is 0 Å². The number of carbonyl (C=O) groups excluding carboxylic acids is 3. The highest BCUT2D eigenvalue weighted by Crippen LogP contribution is 2.17. The molecular weight excluding hydrogens is 997 g/mol. The second-order valence-corrected chi connectivity index (χ2v) is 23.1. The molecule has 81 heavy (non-hydrogen) atoms. The molecular formula is C75H130O6. The lowest BCUT2D eigenvalue weighted by Crippen LogP contribution is -2.30. The molecule has 0 heterocycles. The highest BCUT2D eigenvalue weighted by atomic mass is 16.6. The number of carbonyl (C=O) groups is 3. The zero-order chi connectivity index (χ0) is 58.5. The van der Waals surface area contributed by atoms with Crippen molar-refractivity contribution in [3.8, 4) is 0 Å². The number of hydrogen-bond donors (Lipinski definition) is 0. The maximum absolute atomic E-state index is 12.9. The van der Waals surface area contributed by atoms with Crippen molar-refractivity contribution in [2.45, 2.75) is 348 Å². The molecule has 6 nitrogen and oxygen atoms in total. The van der Waals surface area contributed by atoms with Crippen LogP contribution in [0, 0.1) is 0 Å². The first-order valence-corrected chi connectivity index (χ1v) is 34.7. The number of allylic oxidation sites excluding steroid dienone is 16. The van der Waals surface area contributed by atoms with Crippen LogP contribution in [0.25, 0.3) is 0 Å². The normalized spacial score (nSPS) is 12.7. The van der Waals surface area contributed by atoms with E-state index in [9.17, 15) is 14.4 Å². The van der Waals surface area contributed by atoms with Crippen LogP contribution in [-0.4, -0.2) is 37.2 Å². The molecule has 0 radical (unpaired) electrons. The van der Waals surface area contributed by atoms with Gasteiger partial charge in [0, 0.05) is 19.3 Å². The SMILES string of the molecule is CC/C=C\C/C=C\C/C=C\C/C=C\CCCCCCCCCCCCCCCCC(=O)OCC(COC(=O)CCCCCCC/C=C\C/C=C\CCC)OC(=O)CCCCCCCCCCCCC/C=C\C/C=C\CCCCCCC. The summed E-state index contributed by atoms with van der Waals surface area (Å²) in [6.45, 7) is 6.48. The summed E-state index contributed by atoms with van der Waals surface area (Å²) < 4.78 is 17.0. The lowest BCUT2D eigenvalue weighted by atomic mass is 10.0. The molecule has 0 spiro atoms. The first-order valence-electron chi connectivity index (χ1n) is 34.7. The minimum absolute atomic E-state index is 0.0811. The average Bonchev–Trinajstić information content (AvgIpc) is 3.46. The van der Waals surface area contributed by atoms with E-state index in [0.717, 1.165) is 116 Å². The molecule has 0 bridgehead atoms. The molecule has 0 aliphatic heterocycles. The molecule has 0 fully saturated rings. The third-order valence-electron chi connectivity index (χ3n) is 15.0. The smallest absolute Gasteiger partial charge is 0.306 e. The van der Waals surface area contributed by atoms with E-state index in [1.807, 2.05) is 0 Å². The molecule has 0 saturated heterocycles. The second-order valence-electron chi connectivity index (χ2n) is 23.1. The van der Waals surface area contributed by atoms with E-state index in [1.54, 1.807) is 0 Å². The third-order valence-corrected chi connectivity index (χ3v) is 15.0. The predicted molar refractivity (Wildman–Crippen MR) is 353 cm³/mol. The Labute approximate surface area is 502 Å². The molecule has 0 saturated carbocycles. The predicted octanol–water partition coefficient (Wildman–Crippen LogP) is 24.0. The van der Waals surface area contributed by atoms with E-state index in [2.05, 4.69) is 118 Å². The minimum Gasteiger partial charge on any atom is -0.462 e. The van der Waals surface area contributed by atoms with Crippen LogP contribution < -0.4 is 0 Å². The summed E-state index contributed by atoms with van der Waals surface area (Å²) >= 11 is 0. The van der Waals surface area contributed by atoms with Gasteiger partial charge in [-0.1, -0.05) is 304 Å². The van der Waals surface area contributed by atoms with Crippen molar-refractivity contribution in [1.29, 1.82) is 0 Å². The average molecular weight is 1130 g/mol. The van der Waals surface area contributed by atoms with E-state index in [0.29, 0.717) is 19.3 Å².